The number of anilines is 1. The Kier molecular flexibility index (Phi) is 5.14. The second-order valence-corrected chi connectivity index (χ2v) is 8.58. The average Bonchev–Trinajstić information content (AvgIpc) is 3.54. The molecule has 0 saturated carbocycles. The highest BCUT2D eigenvalue weighted by molar-refractivity contribution is 6.31. The van der Waals surface area contributed by atoms with Crippen molar-refractivity contribution in [2.45, 2.75) is 18.6 Å². The van der Waals surface area contributed by atoms with E-state index in [0.29, 0.717) is 40.1 Å². The number of aromatic nitrogens is 7. The first-order chi connectivity index (χ1) is 17.3. The van der Waals surface area contributed by atoms with E-state index < -0.39 is 23.7 Å². The molecule has 1 N–H and O–H groups in total. The van der Waals surface area contributed by atoms with Gasteiger partial charge in [0.25, 0.3) is 0 Å². The molecule has 1 aliphatic heterocycles. The quantitative estimate of drug-likeness (QED) is 0.345. The third-order valence-electron chi connectivity index (χ3n) is 6.08. The number of fused-ring (bicyclic) bond motifs is 3. The topological polar surface area (TPSA) is 88.4 Å². The smallest absolute Gasteiger partial charge is 0.356 e. The first-order valence-corrected chi connectivity index (χ1v) is 11.1. The summed E-state index contributed by atoms with van der Waals surface area (Å²) in [6.45, 7) is 0.223. The lowest BCUT2D eigenvalue weighted by Gasteiger charge is -2.36. The lowest BCUT2D eigenvalue weighted by molar-refractivity contribution is -0.141. The fourth-order valence-corrected chi connectivity index (χ4v) is 4.66. The SMILES string of the molecule is Fc1c(Cl)ccc2[nH]c3c(c12)CCN(c1nccc(C(F)(F)F)n1)C3c1cnc(-n2ccnc2)nc1. The molecule has 0 bridgehead atoms. The molecule has 8 nitrogen and oxygen atoms in total. The third-order valence-corrected chi connectivity index (χ3v) is 6.37. The first-order valence-electron chi connectivity index (χ1n) is 10.8. The molecule has 6 rings (SSSR count). The summed E-state index contributed by atoms with van der Waals surface area (Å²) < 4.78 is 56.8. The van der Waals surface area contributed by atoms with Crippen LogP contribution in [-0.4, -0.2) is 41.0 Å². The van der Waals surface area contributed by atoms with Gasteiger partial charge in [-0.1, -0.05) is 11.6 Å². The summed E-state index contributed by atoms with van der Waals surface area (Å²) in [5.74, 6) is -0.305. The van der Waals surface area contributed by atoms with Crippen LogP contribution in [0.15, 0.2) is 55.5 Å². The maximum atomic E-state index is 15.0. The van der Waals surface area contributed by atoms with Crippen molar-refractivity contribution in [2.24, 2.45) is 0 Å². The molecular weight excluding hydrogens is 500 g/mol. The Balaban J connectivity index is 1.52. The van der Waals surface area contributed by atoms with E-state index in [-0.39, 0.29) is 17.5 Å². The van der Waals surface area contributed by atoms with Crippen LogP contribution in [0, 0.1) is 5.82 Å². The van der Waals surface area contributed by atoms with Crippen molar-refractivity contribution in [3.05, 3.63) is 88.9 Å². The van der Waals surface area contributed by atoms with Crippen LogP contribution in [0.2, 0.25) is 5.02 Å². The second kappa shape index (κ2) is 8.26. The molecule has 13 heteroatoms. The number of H-pyrrole nitrogens is 1. The highest BCUT2D eigenvalue weighted by atomic mass is 35.5. The molecule has 0 aliphatic carbocycles. The zero-order valence-corrected chi connectivity index (χ0v) is 19.0. The Morgan fingerprint density at radius 3 is 2.56 bits per heavy atom. The molecule has 4 aromatic heterocycles. The second-order valence-electron chi connectivity index (χ2n) is 8.17. The highest BCUT2D eigenvalue weighted by Gasteiger charge is 2.37. The van der Waals surface area contributed by atoms with E-state index >= 15 is 4.39 Å². The number of imidazole rings is 1. The summed E-state index contributed by atoms with van der Waals surface area (Å²) in [4.78, 5) is 25.5. The largest absolute Gasteiger partial charge is 0.433 e. The van der Waals surface area contributed by atoms with Crippen LogP contribution in [0.25, 0.3) is 16.9 Å². The van der Waals surface area contributed by atoms with Gasteiger partial charge in [0.1, 0.15) is 18.1 Å². The molecule has 1 aliphatic rings. The van der Waals surface area contributed by atoms with Gasteiger partial charge in [0.2, 0.25) is 11.9 Å². The Hall–Kier alpha value is -4.06. The van der Waals surface area contributed by atoms with Gasteiger partial charge in [-0.3, -0.25) is 4.57 Å². The number of rotatable bonds is 3. The maximum absolute atomic E-state index is 15.0. The summed E-state index contributed by atoms with van der Waals surface area (Å²) in [6.07, 6.45) is 4.71. The van der Waals surface area contributed by atoms with Crippen LogP contribution in [-0.2, 0) is 12.6 Å². The Morgan fingerprint density at radius 2 is 1.83 bits per heavy atom. The van der Waals surface area contributed by atoms with Crippen LogP contribution >= 0.6 is 11.6 Å². The van der Waals surface area contributed by atoms with Gasteiger partial charge in [0.05, 0.1) is 5.02 Å². The third kappa shape index (κ3) is 3.65. The number of halogens is 5. The van der Waals surface area contributed by atoms with Crippen molar-refractivity contribution < 1.29 is 17.6 Å². The standard InChI is InChI=1S/C23H15ClF4N8/c24-14-1-2-15-17(18(14)25)13-4-7-36(22-30-5-3-16(34-22)23(26,27)28)20(19(13)33-15)12-9-31-21(32-10-12)35-8-6-29-11-35/h1-3,5-6,8-11,20,33H,4,7H2. The van der Waals surface area contributed by atoms with Gasteiger partial charge in [-0.15, -0.1) is 0 Å². The Labute approximate surface area is 205 Å². The van der Waals surface area contributed by atoms with E-state index in [1.807, 2.05) is 0 Å². The fourth-order valence-electron chi connectivity index (χ4n) is 4.51. The van der Waals surface area contributed by atoms with Gasteiger partial charge in [0.15, 0.2) is 5.82 Å². The molecule has 1 aromatic carbocycles. The highest BCUT2D eigenvalue weighted by Crippen LogP contribution is 2.41. The number of nitrogens with one attached hydrogen (secondary N) is 1. The number of hydrogen-bond donors (Lipinski definition) is 1. The van der Waals surface area contributed by atoms with Gasteiger partial charge in [-0.25, -0.2) is 29.3 Å². The predicted octanol–water partition coefficient (Wildman–Crippen LogP) is 4.90. The van der Waals surface area contributed by atoms with E-state index in [0.717, 1.165) is 12.3 Å². The van der Waals surface area contributed by atoms with Crippen LogP contribution in [0.4, 0.5) is 23.5 Å². The molecule has 0 spiro atoms. The van der Waals surface area contributed by atoms with Crippen LogP contribution in [0.5, 0.6) is 0 Å². The van der Waals surface area contributed by atoms with Crippen molar-refractivity contribution >= 4 is 28.5 Å². The zero-order valence-electron chi connectivity index (χ0n) is 18.2. The Morgan fingerprint density at radius 1 is 1.03 bits per heavy atom. The normalized spacial score (nSPS) is 15.9. The molecule has 0 amide bonds. The van der Waals surface area contributed by atoms with Crippen molar-refractivity contribution in [1.82, 2.24) is 34.5 Å². The van der Waals surface area contributed by atoms with E-state index in [2.05, 4.69) is 29.9 Å². The molecule has 0 radical (unpaired) electrons. The minimum absolute atomic E-state index is 0.0162. The summed E-state index contributed by atoms with van der Waals surface area (Å²) in [5.41, 5.74) is 1.28. The minimum Gasteiger partial charge on any atom is -0.356 e. The molecule has 5 aromatic rings. The molecule has 1 unspecified atom stereocenters. The maximum Gasteiger partial charge on any atom is 0.433 e. The first kappa shape index (κ1) is 22.4. The monoisotopic (exact) mass is 514 g/mol. The van der Waals surface area contributed by atoms with E-state index in [4.69, 9.17) is 11.6 Å². The van der Waals surface area contributed by atoms with Crippen LogP contribution in [0.1, 0.15) is 28.6 Å². The molecule has 0 saturated heterocycles. The molecule has 5 heterocycles. The number of aromatic amines is 1. The number of nitrogens with zero attached hydrogens (tertiary/aromatic N) is 7. The van der Waals surface area contributed by atoms with Crippen molar-refractivity contribution in [2.75, 3.05) is 11.4 Å². The summed E-state index contributed by atoms with van der Waals surface area (Å²) in [5, 5.41) is 0.334. The van der Waals surface area contributed by atoms with E-state index in [1.54, 1.807) is 46.6 Å². The number of hydrogen-bond acceptors (Lipinski definition) is 6. The van der Waals surface area contributed by atoms with Gasteiger partial charge in [-0.05, 0) is 30.2 Å². The molecule has 1 atom stereocenters. The van der Waals surface area contributed by atoms with E-state index in [9.17, 15) is 13.2 Å². The van der Waals surface area contributed by atoms with Crippen LogP contribution < -0.4 is 4.90 Å². The van der Waals surface area contributed by atoms with Gasteiger partial charge in [0, 0.05) is 59.7 Å². The van der Waals surface area contributed by atoms with Crippen molar-refractivity contribution in [3.63, 3.8) is 0 Å². The minimum atomic E-state index is -4.63. The molecule has 182 valence electrons. The predicted molar refractivity (Wildman–Crippen MR) is 122 cm³/mol. The van der Waals surface area contributed by atoms with E-state index in [1.165, 1.54) is 6.07 Å². The van der Waals surface area contributed by atoms with Crippen LogP contribution in [0.3, 0.4) is 0 Å². The van der Waals surface area contributed by atoms with Crippen molar-refractivity contribution in [1.29, 1.82) is 0 Å². The molecule has 0 fully saturated rings. The summed E-state index contributed by atoms with van der Waals surface area (Å²) >= 11 is 6.04. The van der Waals surface area contributed by atoms with Gasteiger partial charge in [-0.2, -0.15) is 13.2 Å². The molecular formula is C23H15ClF4N8. The summed E-state index contributed by atoms with van der Waals surface area (Å²) in [7, 11) is 0. The van der Waals surface area contributed by atoms with Crippen molar-refractivity contribution in [3.8, 4) is 5.95 Å². The fraction of sp³-hybridized carbons (Fsp3) is 0.174. The lowest BCUT2D eigenvalue weighted by atomic mass is 9.94. The number of benzene rings is 1. The lowest BCUT2D eigenvalue weighted by Crippen LogP contribution is -2.37. The Bertz CT molecular complexity index is 1560. The van der Waals surface area contributed by atoms with Gasteiger partial charge < -0.3 is 9.88 Å². The van der Waals surface area contributed by atoms with Gasteiger partial charge >= 0.3 is 6.18 Å². The summed E-state index contributed by atoms with van der Waals surface area (Å²) in [6, 6.07) is 3.23. The average molecular weight is 515 g/mol. The zero-order chi connectivity index (χ0) is 25.0. The number of alkyl halides is 3. The molecule has 36 heavy (non-hydrogen) atoms.